The lowest BCUT2D eigenvalue weighted by molar-refractivity contribution is -0.138. The summed E-state index contributed by atoms with van der Waals surface area (Å²) in [5.41, 5.74) is 0.164. The molecular weight excluding hydrogens is 451 g/mol. The number of ether oxygens (including phenoxy) is 2. The molecule has 1 aromatic heterocycles. The van der Waals surface area contributed by atoms with Crippen LogP contribution in [0.3, 0.4) is 0 Å². The lowest BCUT2D eigenvalue weighted by atomic mass is 10.1. The van der Waals surface area contributed by atoms with Gasteiger partial charge in [0.25, 0.3) is 5.91 Å². The fraction of sp³-hybridized carbons (Fsp3) is 0.381. The highest BCUT2D eigenvalue weighted by Crippen LogP contribution is 2.33. The Morgan fingerprint density at radius 3 is 2.44 bits per heavy atom. The molecule has 7 nitrogen and oxygen atoms in total. The van der Waals surface area contributed by atoms with Crippen molar-refractivity contribution in [3.8, 4) is 5.75 Å². The fourth-order valence-corrected chi connectivity index (χ4v) is 3.50. The normalized spacial score (nSPS) is 14.3. The molecule has 3 rings (SSSR count). The maximum Gasteiger partial charge on any atom is 0.417 e. The minimum Gasteiger partial charge on any atom is -0.483 e. The zero-order valence-electron chi connectivity index (χ0n) is 17.4. The number of carbonyl (C=O) groups is 2. The number of piperazine rings is 1. The first-order valence-corrected chi connectivity index (χ1v) is 10.0. The number of carbonyl (C=O) groups excluding carboxylic acids is 2. The van der Waals surface area contributed by atoms with E-state index >= 15 is 0 Å². The van der Waals surface area contributed by atoms with Crippen LogP contribution in [0.4, 0.5) is 19.0 Å². The third-order valence-corrected chi connectivity index (χ3v) is 5.32. The molecule has 1 amide bonds. The number of hydrogen-bond donors (Lipinski definition) is 0. The summed E-state index contributed by atoms with van der Waals surface area (Å²) in [7, 11) is 1.28. The number of benzene rings is 1. The molecular formula is C21H21ClF3N3O4. The average molecular weight is 472 g/mol. The highest BCUT2D eigenvalue weighted by molar-refractivity contribution is 6.33. The zero-order valence-corrected chi connectivity index (χ0v) is 18.2. The van der Waals surface area contributed by atoms with Crippen molar-refractivity contribution in [1.29, 1.82) is 0 Å². The molecule has 0 bridgehead atoms. The molecule has 11 heteroatoms. The summed E-state index contributed by atoms with van der Waals surface area (Å²) in [5, 5.41) is -0.0936. The molecule has 0 aliphatic carbocycles. The molecule has 172 valence electrons. The number of alkyl halides is 3. The molecule has 0 spiro atoms. The molecule has 1 saturated heterocycles. The number of anilines is 1. The van der Waals surface area contributed by atoms with Crippen molar-refractivity contribution in [3.63, 3.8) is 0 Å². The smallest absolute Gasteiger partial charge is 0.417 e. The number of aryl methyl sites for hydroxylation is 1. The highest BCUT2D eigenvalue weighted by Gasteiger charge is 2.32. The van der Waals surface area contributed by atoms with Crippen LogP contribution in [0.15, 0.2) is 30.5 Å². The van der Waals surface area contributed by atoms with Gasteiger partial charge in [-0.25, -0.2) is 9.78 Å². The molecule has 0 unspecified atom stereocenters. The first-order chi connectivity index (χ1) is 15.1. The third kappa shape index (κ3) is 5.42. The van der Waals surface area contributed by atoms with Crippen molar-refractivity contribution in [2.45, 2.75) is 13.1 Å². The van der Waals surface area contributed by atoms with Crippen molar-refractivity contribution in [1.82, 2.24) is 9.88 Å². The number of pyridine rings is 1. The fourth-order valence-electron chi connectivity index (χ4n) is 3.22. The SMILES string of the molecule is COC(=O)c1ccc(C)c(OCC(=O)N2CCN(c3ncc(C(F)(F)F)cc3Cl)CC2)c1. The van der Waals surface area contributed by atoms with Crippen LogP contribution in [0.2, 0.25) is 5.02 Å². The van der Waals surface area contributed by atoms with E-state index in [1.54, 1.807) is 28.9 Å². The summed E-state index contributed by atoms with van der Waals surface area (Å²) in [6.07, 6.45) is -3.77. The van der Waals surface area contributed by atoms with E-state index < -0.39 is 17.7 Å². The summed E-state index contributed by atoms with van der Waals surface area (Å²) >= 11 is 6.01. The quantitative estimate of drug-likeness (QED) is 0.621. The Morgan fingerprint density at radius 1 is 1.16 bits per heavy atom. The van der Waals surface area contributed by atoms with Crippen LogP contribution >= 0.6 is 11.6 Å². The molecule has 1 aliphatic rings. The molecule has 0 atom stereocenters. The van der Waals surface area contributed by atoms with E-state index in [9.17, 15) is 22.8 Å². The van der Waals surface area contributed by atoms with Gasteiger partial charge >= 0.3 is 12.1 Å². The standard InChI is InChI=1S/C21H21ClF3N3O4/c1-13-3-4-14(20(30)31-2)9-17(13)32-12-18(29)27-5-7-28(8-6-27)19-16(22)10-15(11-26-19)21(23,24)25/h3-4,9-11H,5-8,12H2,1-2H3. The number of aromatic nitrogens is 1. The van der Waals surface area contributed by atoms with Gasteiger partial charge in [0.1, 0.15) is 11.6 Å². The van der Waals surface area contributed by atoms with Crippen LogP contribution in [0.1, 0.15) is 21.5 Å². The molecule has 1 aliphatic heterocycles. The van der Waals surface area contributed by atoms with Gasteiger partial charge in [0.15, 0.2) is 6.61 Å². The van der Waals surface area contributed by atoms with Gasteiger partial charge in [0.2, 0.25) is 0 Å². The number of nitrogens with zero attached hydrogens (tertiary/aromatic N) is 3. The predicted molar refractivity (Wildman–Crippen MR) is 111 cm³/mol. The number of amides is 1. The Balaban J connectivity index is 1.57. The predicted octanol–water partition coefficient (Wildman–Crippen LogP) is 3.58. The van der Waals surface area contributed by atoms with Gasteiger partial charge in [0.05, 0.1) is 23.3 Å². The van der Waals surface area contributed by atoms with Gasteiger partial charge in [-0.1, -0.05) is 17.7 Å². The lowest BCUT2D eigenvalue weighted by Gasteiger charge is -2.35. The Labute approximate surface area is 187 Å². The van der Waals surface area contributed by atoms with Crippen LogP contribution in [0.25, 0.3) is 0 Å². The van der Waals surface area contributed by atoms with E-state index in [1.807, 2.05) is 0 Å². The number of rotatable bonds is 5. The summed E-state index contributed by atoms with van der Waals surface area (Å²) in [6.45, 7) is 2.97. The van der Waals surface area contributed by atoms with E-state index in [0.29, 0.717) is 37.5 Å². The zero-order chi connectivity index (χ0) is 23.5. The van der Waals surface area contributed by atoms with Gasteiger partial charge in [-0.2, -0.15) is 13.2 Å². The Bertz CT molecular complexity index is 1010. The Kier molecular flexibility index (Phi) is 7.12. The van der Waals surface area contributed by atoms with Crippen molar-refractivity contribution < 1.29 is 32.2 Å². The van der Waals surface area contributed by atoms with Gasteiger partial charge in [-0.05, 0) is 30.7 Å². The minimum absolute atomic E-state index is 0.0936. The molecule has 2 aromatic rings. The second-order valence-electron chi connectivity index (χ2n) is 7.16. The van der Waals surface area contributed by atoms with E-state index in [0.717, 1.165) is 17.8 Å². The van der Waals surface area contributed by atoms with Crippen LogP contribution in [0.5, 0.6) is 5.75 Å². The maximum atomic E-state index is 12.8. The summed E-state index contributed by atoms with van der Waals surface area (Å²) in [5.74, 6) is -0.106. The van der Waals surface area contributed by atoms with Crippen LogP contribution in [0, 0.1) is 6.92 Å². The van der Waals surface area contributed by atoms with Crippen molar-refractivity contribution in [3.05, 3.63) is 52.2 Å². The van der Waals surface area contributed by atoms with E-state index in [2.05, 4.69) is 9.72 Å². The number of halogens is 4. The second kappa shape index (κ2) is 9.64. The minimum atomic E-state index is -4.52. The molecule has 0 radical (unpaired) electrons. The molecule has 1 aromatic carbocycles. The molecule has 2 heterocycles. The lowest BCUT2D eigenvalue weighted by Crippen LogP contribution is -2.50. The second-order valence-corrected chi connectivity index (χ2v) is 7.56. The van der Waals surface area contributed by atoms with Crippen LogP contribution in [-0.4, -0.2) is 61.7 Å². The monoisotopic (exact) mass is 471 g/mol. The van der Waals surface area contributed by atoms with E-state index in [-0.39, 0.29) is 23.4 Å². The van der Waals surface area contributed by atoms with E-state index in [1.165, 1.54) is 13.2 Å². The van der Waals surface area contributed by atoms with E-state index in [4.69, 9.17) is 16.3 Å². The van der Waals surface area contributed by atoms with Crippen LogP contribution in [-0.2, 0) is 15.7 Å². The largest absolute Gasteiger partial charge is 0.483 e. The average Bonchev–Trinajstić information content (AvgIpc) is 2.77. The van der Waals surface area contributed by atoms with Gasteiger partial charge in [-0.15, -0.1) is 0 Å². The van der Waals surface area contributed by atoms with Crippen molar-refractivity contribution >= 4 is 29.3 Å². The highest BCUT2D eigenvalue weighted by atomic mass is 35.5. The third-order valence-electron chi connectivity index (χ3n) is 5.04. The maximum absolute atomic E-state index is 12.8. The summed E-state index contributed by atoms with van der Waals surface area (Å²) < 4.78 is 48.7. The van der Waals surface area contributed by atoms with Crippen molar-refractivity contribution in [2.75, 3.05) is 44.8 Å². The molecule has 1 fully saturated rings. The van der Waals surface area contributed by atoms with Crippen molar-refractivity contribution in [2.24, 2.45) is 0 Å². The molecule has 0 N–H and O–H groups in total. The van der Waals surface area contributed by atoms with Crippen LogP contribution < -0.4 is 9.64 Å². The number of esters is 1. The number of hydrogen-bond acceptors (Lipinski definition) is 6. The van der Waals surface area contributed by atoms with Gasteiger partial charge in [-0.3, -0.25) is 4.79 Å². The topological polar surface area (TPSA) is 72.0 Å². The van der Waals surface area contributed by atoms with Gasteiger partial charge < -0.3 is 19.3 Å². The molecule has 32 heavy (non-hydrogen) atoms. The number of methoxy groups -OCH3 is 1. The Morgan fingerprint density at radius 2 is 1.84 bits per heavy atom. The Hall–Kier alpha value is -3.01. The molecule has 0 saturated carbocycles. The summed E-state index contributed by atoms with van der Waals surface area (Å²) in [6, 6.07) is 5.67. The summed E-state index contributed by atoms with van der Waals surface area (Å²) in [4.78, 5) is 31.4. The first kappa shape index (κ1) is 23.6. The van der Waals surface area contributed by atoms with Gasteiger partial charge in [0, 0.05) is 32.4 Å². The first-order valence-electron chi connectivity index (χ1n) is 9.67.